The molecule has 1 aromatic heterocycles. The Labute approximate surface area is 131 Å². The molecule has 100 valence electrons. The Morgan fingerprint density at radius 3 is 2.35 bits per heavy atom. The highest BCUT2D eigenvalue weighted by atomic mass is 127. The van der Waals surface area contributed by atoms with Crippen LogP contribution in [-0.4, -0.2) is 16.9 Å². The smallest absolute Gasteiger partial charge is 0.119 e. The topological polar surface area (TPSA) is 27.1 Å². The van der Waals surface area contributed by atoms with Gasteiger partial charge in [-0.05, 0) is 52.4 Å². The quantitative estimate of drug-likeness (QED) is 0.643. The zero-order chi connectivity index (χ0) is 13.9. The van der Waals surface area contributed by atoms with Crippen LogP contribution in [0.2, 0.25) is 0 Å². The first-order valence-electron chi connectivity index (χ1n) is 6.23. The van der Waals surface area contributed by atoms with Gasteiger partial charge in [-0.3, -0.25) is 0 Å². The first-order valence-corrected chi connectivity index (χ1v) is 7.31. The Balaban J connectivity index is 2.01. The molecule has 4 heteroatoms. The van der Waals surface area contributed by atoms with Crippen LogP contribution < -0.4 is 4.74 Å². The Morgan fingerprint density at radius 1 is 1.00 bits per heavy atom. The number of hydrogen-bond acceptors (Lipinski definition) is 2. The van der Waals surface area contributed by atoms with Gasteiger partial charge in [-0.25, -0.2) is 4.68 Å². The summed E-state index contributed by atoms with van der Waals surface area (Å²) in [6.07, 6.45) is 1.90. The molecule has 0 spiro atoms. The van der Waals surface area contributed by atoms with E-state index in [1.807, 2.05) is 53.3 Å². The minimum atomic E-state index is 0.846. The Morgan fingerprint density at radius 2 is 1.70 bits per heavy atom. The number of aromatic nitrogens is 2. The monoisotopic (exact) mass is 376 g/mol. The second kappa shape index (κ2) is 5.66. The number of halogens is 1. The third-order valence-corrected chi connectivity index (χ3v) is 4.15. The van der Waals surface area contributed by atoms with E-state index in [1.54, 1.807) is 7.11 Å². The molecule has 0 saturated heterocycles. The molecule has 0 aliphatic rings. The molecule has 1 heterocycles. The van der Waals surface area contributed by atoms with Crippen LogP contribution in [0, 0.1) is 3.70 Å². The molecule has 0 aliphatic carbocycles. The standard InChI is InChI=1S/C16H13IN2O/c1-20-14-9-7-13(8-10-14)19-16(17)15(11-18-19)12-5-3-2-4-6-12/h2-11H,1H3. The highest BCUT2D eigenvalue weighted by Gasteiger charge is 2.11. The Hall–Kier alpha value is -1.82. The maximum atomic E-state index is 5.18. The molecule has 20 heavy (non-hydrogen) atoms. The van der Waals surface area contributed by atoms with Gasteiger partial charge < -0.3 is 4.74 Å². The molecule has 0 saturated carbocycles. The van der Waals surface area contributed by atoms with Crippen molar-refractivity contribution < 1.29 is 4.74 Å². The average molecular weight is 376 g/mol. The predicted octanol–water partition coefficient (Wildman–Crippen LogP) is 4.15. The summed E-state index contributed by atoms with van der Waals surface area (Å²) in [6.45, 7) is 0. The van der Waals surface area contributed by atoms with Crippen molar-refractivity contribution in [3.05, 3.63) is 64.5 Å². The van der Waals surface area contributed by atoms with Gasteiger partial charge in [0.15, 0.2) is 0 Å². The van der Waals surface area contributed by atoms with Gasteiger partial charge >= 0.3 is 0 Å². The van der Waals surface area contributed by atoms with Gasteiger partial charge in [0.05, 0.1) is 19.0 Å². The summed E-state index contributed by atoms with van der Waals surface area (Å²) in [5, 5.41) is 4.49. The van der Waals surface area contributed by atoms with Gasteiger partial charge in [0.1, 0.15) is 9.45 Å². The average Bonchev–Trinajstić information content (AvgIpc) is 2.90. The molecule has 0 N–H and O–H groups in total. The molecule has 0 amide bonds. The first kappa shape index (κ1) is 13.2. The number of nitrogens with zero attached hydrogens (tertiary/aromatic N) is 2. The largest absolute Gasteiger partial charge is 0.497 e. The molecular formula is C16H13IN2O. The summed E-state index contributed by atoms with van der Waals surface area (Å²) in [5.41, 5.74) is 3.34. The third kappa shape index (κ3) is 2.43. The van der Waals surface area contributed by atoms with Crippen molar-refractivity contribution in [2.24, 2.45) is 0 Å². The lowest BCUT2D eigenvalue weighted by Crippen LogP contribution is -1.98. The SMILES string of the molecule is COc1ccc(-n2ncc(-c3ccccc3)c2I)cc1. The maximum Gasteiger partial charge on any atom is 0.119 e. The molecule has 2 aromatic carbocycles. The predicted molar refractivity (Wildman–Crippen MR) is 88.3 cm³/mol. The number of hydrogen-bond donors (Lipinski definition) is 0. The van der Waals surface area contributed by atoms with Gasteiger partial charge in [0.2, 0.25) is 0 Å². The zero-order valence-corrected chi connectivity index (χ0v) is 13.1. The van der Waals surface area contributed by atoms with Crippen LogP contribution in [0.3, 0.4) is 0 Å². The van der Waals surface area contributed by atoms with Crippen LogP contribution in [0.15, 0.2) is 60.8 Å². The molecule has 3 aromatic rings. The van der Waals surface area contributed by atoms with Gasteiger partial charge in [-0.15, -0.1) is 0 Å². The Kier molecular flexibility index (Phi) is 3.73. The number of benzene rings is 2. The summed E-state index contributed by atoms with van der Waals surface area (Å²) in [4.78, 5) is 0. The molecule has 0 radical (unpaired) electrons. The van der Waals surface area contributed by atoms with Crippen LogP contribution in [0.25, 0.3) is 16.8 Å². The lowest BCUT2D eigenvalue weighted by Gasteiger charge is -2.06. The fourth-order valence-corrected chi connectivity index (χ4v) is 2.90. The second-order valence-corrected chi connectivity index (χ2v) is 5.35. The van der Waals surface area contributed by atoms with Crippen molar-refractivity contribution in [1.29, 1.82) is 0 Å². The maximum absolute atomic E-state index is 5.18. The number of methoxy groups -OCH3 is 1. The fraction of sp³-hybridized carbons (Fsp3) is 0.0625. The van der Waals surface area contributed by atoms with Crippen LogP contribution in [0.1, 0.15) is 0 Å². The fourth-order valence-electron chi connectivity index (χ4n) is 2.05. The summed E-state index contributed by atoms with van der Waals surface area (Å²) in [7, 11) is 1.67. The van der Waals surface area contributed by atoms with E-state index in [4.69, 9.17) is 4.74 Å². The van der Waals surface area contributed by atoms with Crippen molar-refractivity contribution in [3.8, 4) is 22.6 Å². The second-order valence-electron chi connectivity index (χ2n) is 4.32. The van der Waals surface area contributed by atoms with E-state index in [1.165, 1.54) is 5.56 Å². The van der Waals surface area contributed by atoms with Gasteiger partial charge in [-0.1, -0.05) is 30.3 Å². The summed E-state index contributed by atoms with van der Waals surface area (Å²) < 4.78 is 8.21. The minimum absolute atomic E-state index is 0.846. The molecule has 3 nitrogen and oxygen atoms in total. The minimum Gasteiger partial charge on any atom is -0.497 e. The number of ether oxygens (including phenoxy) is 1. The molecule has 0 bridgehead atoms. The zero-order valence-electron chi connectivity index (χ0n) is 11.0. The van der Waals surface area contributed by atoms with E-state index in [2.05, 4.69) is 39.8 Å². The molecule has 3 rings (SSSR count). The van der Waals surface area contributed by atoms with Gasteiger partial charge in [0, 0.05) is 5.56 Å². The molecule has 0 fully saturated rings. The summed E-state index contributed by atoms with van der Waals surface area (Å²) >= 11 is 2.33. The van der Waals surface area contributed by atoms with Crippen LogP contribution in [0.4, 0.5) is 0 Å². The molecular weight excluding hydrogens is 363 g/mol. The van der Waals surface area contributed by atoms with E-state index in [0.29, 0.717) is 0 Å². The van der Waals surface area contributed by atoms with Gasteiger partial charge in [0.25, 0.3) is 0 Å². The van der Waals surface area contributed by atoms with Crippen molar-refractivity contribution in [1.82, 2.24) is 9.78 Å². The van der Waals surface area contributed by atoms with Crippen molar-refractivity contribution in [3.63, 3.8) is 0 Å². The lowest BCUT2D eigenvalue weighted by atomic mass is 10.1. The van der Waals surface area contributed by atoms with Crippen LogP contribution >= 0.6 is 22.6 Å². The van der Waals surface area contributed by atoms with Crippen LogP contribution in [-0.2, 0) is 0 Å². The summed E-state index contributed by atoms with van der Waals surface area (Å²) in [6, 6.07) is 18.2. The van der Waals surface area contributed by atoms with E-state index in [-0.39, 0.29) is 0 Å². The van der Waals surface area contributed by atoms with E-state index in [9.17, 15) is 0 Å². The van der Waals surface area contributed by atoms with Crippen molar-refractivity contribution in [2.45, 2.75) is 0 Å². The first-order chi connectivity index (χ1) is 9.79. The van der Waals surface area contributed by atoms with Gasteiger partial charge in [-0.2, -0.15) is 5.10 Å². The van der Waals surface area contributed by atoms with E-state index >= 15 is 0 Å². The number of rotatable bonds is 3. The normalized spacial score (nSPS) is 10.5. The molecule has 0 aliphatic heterocycles. The van der Waals surface area contributed by atoms with Crippen LogP contribution in [0.5, 0.6) is 5.75 Å². The lowest BCUT2D eigenvalue weighted by molar-refractivity contribution is 0.414. The van der Waals surface area contributed by atoms with Crippen molar-refractivity contribution >= 4 is 22.6 Å². The Bertz CT molecular complexity index is 705. The highest BCUT2D eigenvalue weighted by molar-refractivity contribution is 14.1. The summed E-state index contributed by atoms with van der Waals surface area (Å²) in [5.74, 6) is 0.846. The third-order valence-electron chi connectivity index (χ3n) is 3.11. The highest BCUT2D eigenvalue weighted by Crippen LogP contribution is 2.27. The molecule has 0 unspecified atom stereocenters. The van der Waals surface area contributed by atoms with E-state index in [0.717, 1.165) is 20.7 Å². The molecule has 0 atom stereocenters. The van der Waals surface area contributed by atoms with E-state index < -0.39 is 0 Å². The van der Waals surface area contributed by atoms with Crippen molar-refractivity contribution in [2.75, 3.05) is 7.11 Å².